The third-order valence-electron chi connectivity index (χ3n) is 14.3. The number of nitrogens with zero attached hydrogens (tertiary/aromatic N) is 1. The molecule has 12 nitrogen and oxygen atoms in total. The van der Waals surface area contributed by atoms with Crippen molar-refractivity contribution in [1.82, 2.24) is 5.06 Å². The minimum absolute atomic E-state index is 0.00477. The molecule has 0 N–H and O–H groups in total. The Balaban J connectivity index is 1.33. The molecule has 87 heavy (non-hydrogen) atoms. The van der Waals surface area contributed by atoms with Crippen LogP contribution in [0.2, 0.25) is 0 Å². The average molecular weight is 1150 g/mol. The second-order valence-electron chi connectivity index (χ2n) is 20.0. The molecule has 1 fully saturated rings. The summed E-state index contributed by atoms with van der Waals surface area (Å²) in [4.78, 5) is 7.70. The number of rotatable bonds is 22. The van der Waals surface area contributed by atoms with Crippen molar-refractivity contribution in [2.45, 2.75) is 28.9 Å². The van der Waals surface area contributed by atoms with Crippen LogP contribution in [0.5, 0.6) is 63.2 Å². The van der Waals surface area contributed by atoms with Gasteiger partial charge in [-0.05, 0) is 146 Å². The number of hydrogen-bond acceptors (Lipinski definition) is 12. The fourth-order valence-electron chi connectivity index (χ4n) is 10.6. The van der Waals surface area contributed by atoms with Gasteiger partial charge in [-0.3, -0.25) is 0 Å². The van der Waals surface area contributed by atoms with Crippen LogP contribution in [0.15, 0.2) is 357 Å². The maximum absolute atomic E-state index is 8.35. The van der Waals surface area contributed by atoms with Crippen LogP contribution in [0.1, 0.15) is 0 Å². The Morgan fingerprint density at radius 3 is 0.793 bits per heavy atom. The Bertz CT molecular complexity index is 3840. The number of ether oxygens (including phenoxy) is 10. The summed E-state index contributed by atoms with van der Waals surface area (Å²) in [7, 11) is 0. The molecule has 1 aliphatic heterocycles. The normalized spacial score (nSPS) is 16.6. The Labute approximate surface area is 504 Å². The summed E-state index contributed by atoms with van der Waals surface area (Å²) < 4.78 is 80.5. The van der Waals surface area contributed by atoms with Gasteiger partial charge in [-0.2, -0.15) is 0 Å². The van der Waals surface area contributed by atoms with Crippen LogP contribution in [0.3, 0.4) is 0 Å². The highest BCUT2D eigenvalue weighted by Crippen LogP contribution is 2.65. The summed E-state index contributed by atoms with van der Waals surface area (Å²) in [6.07, 6.45) is 3.49. The van der Waals surface area contributed by atoms with Gasteiger partial charge in [0.2, 0.25) is 0 Å². The van der Waals surface area contributed by atoms with E-state index in [0.29, 0.717) is 5.75 Å². The van der Waals surface area contributed by atoms with Crippen LogP contribution in [-0.2, 0) is 0 Å². The summed E-state index contributed by atoms with van der Waals surface area (Å²) in [5, 5.41) is 1.44. The van der Waals surface area contributed by atoms with E-state index in [1.165, 1.54) is 5.06 Å². The summed E-state index contributed by atoms with van der Waals surface area (Å²) in [6, 6.07) is 101. The van der Waals surface area contributed by atoms with E-state index >= 15 is 0 Å². The molecule has 11 aromatic carbocycles. The lowest BCUT2D eigenvalue weighted by molar-refractivity contribution is -0.514. The quantitative estimate of drug-likeness (QED) is 0.0604. The summed E-state index contributed by atoms with van der Waals surface area (Å²) in [6.45, 7) is 0. The molecule has 1 heterocycles. The van der Waals surface area contributed by atoms with Crippen molar-refractivity contribution in [3.05, 3.63) is 357 Å². The van der Waals surface area contributed by atoms with E-state index < -0.39 is 28.9 Å². The van der Waals surface area contributed by atoms with Crippen molar-refractivity contribution in [1.29, 1.82) is 0 Å². The fraction of sp³-hybridized carbons (Fsp3) is 0.0667. The third-order valence-corrected chi connectivity index (χ3v) is 14.3. The minimum atomic E-state index is -3.00. The third kappa shape index (κ3) is 10.6. The monoisotopic (exact) mass is 1150 g/mol. The first-order chi connectivity index (χ1) is 43.0. The highest BCUT2D eigenvalue weighted by Gasteiger charge is 2.99. The SMILES string of the molecule is C1=C(Oc2ccccc2)C(Oc2ccccc2)(Oc2ccccc2)C2(Oc3ccccc3)C(=C1)N(Oc1ccccc1)C(Oc1ccccc1)(Oc1ccccc1)C(Oc1ccccc1)(Oc1ccccc1)C2(Oc1ccccc1)Oc1ccccc1. The number of fused-ring (bicyclic) bond motifs is 1. The van der Waals surface area contributed by atoms with Crippen LogP contribution in [-0.4, -0.2) is 33.9 Å². The van der Waals surface area contributed by atoms with Gasteiger partial charge in [0.25, 0.3) is 0 Å². The molecule has 1 saturated heterocycles. The van der Waals surface area contributed by atoms with Crippen molar-refractivity contribution >= 4 is 0 Å². The number of hydroxylamine groups is 2. The van der Waals surface area contributed by atoms with Crippen molar-refractivity contribution in [3.63, 3.8) is 0 Å². The zero-order valence-electron chi connectivity index (χ0n) is 46.8. The van der Waals surface area contributed by atoms with Crippen molar-refractivity contribution in [2.75, 3.05) is 0 Å². The fourth-order valence-corrected chi connectivity index (χ4v) is 10.6. The first kappa shape index (κ1) is 54.7. The molecule has 428 valence electrons. The zero-order valence-corrected chi connectivity index (χ0v) is 46.8. The van der Waals surface area contributed by atoms with Crippen molar-refractivity contribution < 1.29 is 52.2 Å². The summed E-state index contributed by atoms with van der Waals surface area (Å²) in [5.41, 5.74) is -2.76. The predicted molar refractivity (Wildman–Crippen MR) is 329 cm³/mol. The van der Waals surface area contributed by atoms with Gasteiger partial charge in [-0.15, -0.1) is 5.06 Å². The lowest BCUT2D eigenvalue weighted by Gasteiger charge is -2.67. The molecule has 2 aliphatic rings. The molecule has 1 aliphatic carbocycles. The smallest absolute Gasteiger partial charge is 0.460 e. The molecule has 12 heteroatoms. The van der Waals surface area contributed by atoms with Crippen LogP contribution >= 0.6 is 0 Å². The molecule has 1 atom stereocenters. The molecule has 11 aromatic rings. The highest BCUT2D eigenvalue weighted by molar-refractivity contribution is 5.54. The highest BCUT2D eigenvalue weighted by atomic mass is 16.9. The number of allylic oxidation sites excluding steroid dienone is 2. The molecule has 0 radical (unpaired) electrons. The van der Waals surface area contributed by atoms with Gasteiger partial charge >= 0.3 is 28.9 Å². The van der Waals surface area contributed by atoms with Gasteiger partial charge in [0.15, 0.2) is 11.5 Å². The van der Waals surface area contributed by atoms with E-state index in [0.717, 1.165) is 0 Å². The van der Waals surface area contributed by atoms with Gasteiger partial charge in [0, 0.05) is 0 Å². The van der Waals surface area contributed by atoms with E-state index in [2.05, 4.69) is 0 Å². The van der Waals surface area contributed by atoms with E-state index in [4.69, 9.17) is 52.2 Å². The number of para-hydroxylation sites is 11. The minimum Gasteiger partial charge on any atom is -0.464 e. The molecular weight excluding hydrogens is 1090 g/mol. The number of piperidine rings is 1. The van der Waals surface area contributed by atoms with E-state index in [1.54, 1.807) is 133 Å². The number of hydrogen-bond donors (Lipinski definition) is 0. The molecule has 0 spiro atoms. The van der Waals surface area contributed by atoms with Gasteiger partial charge in [-0.1, -0.05) is 200 Å². The van der Waals surface area contributed by atoms with E-state index in [-0.39, 0.29) is 69.0 Å². The molecule has 1 unspecified atom stereocenters. The zero-order chi connectivity index (χ0) is 58.7. The Morgan fingerprint density at radius 2 is 0.471 bits per heavy atom. The van der Waals surface area contributed by atoms with Gasteiger partial charge in [-0.25, -0.2) is 0 Å². The topological polar surface area (TPSA) is 105 Å². The number of benzene rings is 11. The predicted octanol–water partition coefficient (Wildman–Crippen LogP) is 16.3. The first-order valence-corrected chi connectivity index (χ1v) is 28.3. The summed E-state index contributed by atoms with van der Waals surface area (Å²) in [5.74, 6) is -8.72. The molecule has 0 aromatic heterocycles. The standard InChI is InChI=1S/C75H57NO11/c1-12-34-58(35-13-1)77-70-57-56-69-71(78-59-36-14-2-15-37-59,72(70,79-60-38-16-3-17-39-60)80-61-40-18-4-19-41-61)73(81-62-42-20-5-21-43-62,82-63-44-22-6-23-45-63)74(83-64-46-24-7-25-47-64,84-65-48-26-8-27-49-65)75(85-66-50-28-9-29-51-66,86-67-52-30-10-31-53-67)76(69)87-68-54-32-11-33-55-68/h1-57H. The maximum Gasteiger partial charge on any atom is 0.460 e. The molecule has 0 saturated carbocycles. The second kappa shape index (κ2) is 24.4. The van der Waals surface area contributed by atoms with E-state index in [1.807, 2.05) is 212 Å². The van der Waals surface area contributed by atoms with Gasteiger partial charge in [0.05, 0.1) is 0 Å². The average Bonchev–Trinajstić information content (AvgIpc) is 0.643. The van der Waals surface area contributed by atoms with E-state index in [9.17, 15) is 0 Å². The lowest BCUT2D eigenvalue weighted by Crippen LogP contribution is -2.99. The Kier molecular flexibility index (Phi) is 15.3. The van der Waals surface area contributed by atoms with Crippen LogP contribution in [0.4, 0.5) is 0 Å². The second-order valence-corrected chi connectivity index (χ2v) is 20.0. The van der Waals surface area contributed by atoms with Crippen LogP contribution < -0.4 is 52.2 Å². The molecule has 13 rings (SSSR count). The summed E-state index contributed by atoms with van der Waals surface area (Å²) >= 11 is 0. The van der Waals surface area contributed by atoms with Crippen molar-refractivity contribution in [3.8, 4) is 63.2 Å². The Hall–Kier alpha value is -11.5. The van der Waals surface area contributed by atoms with Gasteiger partial charge in [0.1, 0.15) is 63.2 Å². The van der Waals surface area contributed by atoms with Gasteiger partial charge < -0.3 is 52.2 Å². The maximum atomic E-state index is 8.35. The lowest BCUT2D eigenvalue weighted by atomic mass is 9.67. The molecule has 0 amide bonds. The van der Waals surface area contributed by atoms with Crippen LogP contribution in [0, 0.1) is 0 Å². The van der Waals surface area contributed by atoms with Crippen molar-refractivity contribution in [2.24, 2.45) is 0 Å². The first-order valence-electron chi connectivity index (χ1n) is 28.3. The molecule has 0 bridgehead atoms. The largest absolute Gasteiger partial charge is 0.464 e. The van der Waals surface area contributed by atoms with Crippen LogP contribution in [0.25, 0.3) is 0 Å². The Morgan fingerprint density at radius 1 is 0.218 bits per heavy atom. The molecular formula is C75H57NO11.